The molecule has 1 N–H and O–H groups in total. The van der Waals surface area contributed by atoms with Gasteiger partial charge in [0.15, 0.2) is 9.84 Å². The molecule has 140 valence electrons. The van der Waals surface area contributed by atoms with E-state index in [4.69, 9.17) is 4.42 Å². The van der Waals surface area contributed by atoms with Crippen LogP contribution in [0.25, 0.3) is 0 Å². The van der Waals surface area contributed by atoms with E-state index >= 15 is 0 Å². The number of carbonyl (C=O) groups excluding carboxylic acids is 1. The second kappa shape index (κ2) is 7.67. The third-order valence-corrected chi connectivity index (χ3v) is 4.83. The Bertz CT molecular complexity index is 1040. The average Bonchev–Trinajstić information content (AvgIpc) is 3.03. The number of amides is 1. The van der Waals surface area contributed by atoms with Crippen molar-refractivity contribution in [1.29, 1.82) is 0 Å². The normalized spacial score (nSPS) is 11.3. The Morgan fingerprint density at radius 1 is 1.04 bits per heavy atom. The van der Waals surface area contributed by atoms with Crippen molar-refractivity contribution in [3.05, 3.63) is 71.4 Å². The maximum absolute atomic E-state index is 12.9. The second-order valence-electron chi connectivity index (χ2n) is 5.95. The molecule has 0 spiro atoms. The minimum Gasteiger partial charge on any atom is -0.407 e. The van der Waals surface area contributed by atoms with Gasteiger partial charge < -0.3 is 4.42 Å². The van der Waals surface area contributed by atoms with Crippen molar-refractivity contribution in [2.75, 3.05) is 11.6 Å². The van der Waals surface area contributed by atoms with Gasteiger partial charge in [-0.15, -0.1) is 5.10 Å². The predicted molar refractivity (Wildman–Crippen MR) is 95.4 cm³/mol. The van der Waals surface area contributed by atoms with Gasteiger partial charge in [-0.3, -0.25) is 10.1 Å². The maximum Gasteiger partial charge on any atom is 0.322 e. The van der Waals surface area contributed by atoms with Crippen LogP contribution in [-0.2, 0) is 27.5 Å². The number of aromatic nitrogens is 2. The van der Waals surface area contributed by atoms with Crippen molar-refractivity contribution < 1.29 is 22.0 Å². The number of halogens is 1. The van der Waals surface area contributed by atoms with Gasteiger partial charge in [0.25, 0.3) is 0 Å². The van der Waals surface area contributed by atoms with Crippen LogP contribution in [0.1, 0.15) is 17.0 Å². The van der Waals surface area contributed by atoms with Crippen molar-refractivity contribution in [3.8, 4) is 0 Å². The molecule has 0 atom stereocenters. The van der Waals surface area contributed by atoms with E-state index in [0.29, 0.717) is 12.0 Å². The summed E-state index contributed by atoms with van der Waals surface area (Å²) in [6.45, 7) is 0. The van der Waals surface area contributed by atoms with Crippen molar-refractivity contribution in [2.24, 2.45) is 0 Å². The van der Waals surface area contributed by atoms with Crippen LogP contribution in [0.2, 0.25) is 0 Å². The van der Waals surface area contributed by atoms with Gasteiger partial charge in [0.2, 0.25) is 11.8 Å². The van der Waals surface area contributed by atoms with Crippen molar-refractivity contribution in [1.82, 2.24) is 10.2 Å². The van der Waals surface area contributed by atoms with Crippen LogP contribution in [0.3, 0.4) is 0 Å². The Kier molecular flexibility index (Phi) is 5.31. The van der Waals surface area contributed by atoms with Crippen LogP contribution in [0.15, 0.2) is 57.8 Å². The molecule has 1 heterocycles. The molecule has 0 saturated heterocycles. The molecule has 0 bridgehead atoms. The van der Waals surface area contributed by atoms with Crippen molar-refractivity contribution >= 4 is 21.8 Å². The molecule has 3 aromatic rings. The van der Waals surface area contributed by atoms with Gasteiger partial charge in [-0.2, -0.15) is 0 Å². The maximum atomic E-state index is 12.9. The van der Waals surface area contributed by atoms with E-state index in [1.807, 2.05) is 0 Å². The Morgan fingerprint density at radius 2 is 1.67 bits per heavy atom. The first kappa shape index (κ1) is 18.7. The van der Waals surface area contributed by atoms with Crippen LogP contribution in [0.5, 0.6) is 0 Å². The number of sulfone groups is 1. The topological polar surface area (TPSA) is 102 Å². The molecular weight excluding hydrogens is 373 g/mol. The smallest absolute Gasteiger partial charge is 0.322 e. The van der Waals surface area contributed by atoms with Crippen LogP contribution in [0, 0.1) is 5.82 Å². The highest BCUT2D eigenvalue weighted by molar-refractivity contribution is 7.90. The van der Waals surface area contributed by atoms with Gasteiger partial charge in [-0.25, -0.2) is 12.8 Å². The number of carbonyl (C=O) groups is 1. The molecule has 2 aromatic carbocycles. The van der Waals surface area contributed by atoms with E-state index in [0.717, 1.165) is 11.8 Å². The first-order valence-corrected chi connectivity index (χ1v) is 9.84. The molecule has 3 rings (SSSR count). The lowest BCUT2D eigenvalue weighted by atomic mass is 10.1. The lowest BCUT2D eigenvalue weighted by Gasteiger charge is -2.01. The number of hydrogen-bond acceptors (Lipinski definition) is 6. The summed E-state index contributed by atoms with van der Waals surface area (Å²) in [6, 6.07) is 11.9. The third-order valence-electron chi connectivity index (χ3n) is 3.70. The Balaban J connectivity index is 1.59. The van der Waals surface area contributed by atoms with Gasteiger partial charge >= 0.3 is 6.01 Å². The average molecular weight is 389 g/mol. The zero-order valence-corrected chi connectivity index (χ0v) is 15.2. The minimum atomic E-state index is -3.25. The van der Waals surface area contributed by atoms with Crippen LogP contribution in [-0.4, -0.2) is 30.8 Å². The lowest BCUT2D eigenvalue weighted by molar-refractivity contribution is -0.115. The first-order chi connectivity index (χ1) is 12.8. The summed E-state index contributed by atoms with van der Waals surface area (Å²) < 4.78 is 41.2. The summed E-state index contributed by atoms with van der Waals surface area (Å²) in [5.41, 5.74) is 1.44. The molecule has 0 fully saturated rings. The fourth-order valence-electron chi connectivity index (χ4n) is 2.36. The van der Waals surface area contributed by atoms with Gasteiger partial charge in [0, 0.05) is 6.26 Å². The zero-order valence-electron chi connectivity index (χ0n) is 14.3. The molecule has 9 heteroatoms. The molecule has 27 heavy (non-hydrogen) atoms. The van der Waals surface area contributed by atoms with Crippen molar-refractivity contribution in [2.45, 2.75) is 17.7 Å². The summed E-state index contributed by atoms with van der Waals surface area (Å²) in [7, 11) is -3.25. The number of nitrogens with zero attached hydrogens (tertiary/aromatic N) is 2. The summed E-state index contributed by atoms with van der Waals surface area (Å²) in [4.78, 5) is 12.2. The summed E-state index contributed by atoms with van der Waals surface area (Å²) in [6.07, 6.45) is 1.48. The predicted octanol–water partition coefficient (Wildman–Crippen LogP) is 2.38. The molecule has 0 aliphatic carbocycles. The molecule has 1 aromatic heterocycles. The molecule has 7 nitrogen and oxygen atoms in total. The Morgan fingerprint density at radius 3 is 2.30 bits per heavy atom. The molecule has 0 aliphatic rings. The van der Waals surface area contributed by atoms with Gasteiger partial charge in [0.05, 0.1) is 17.7 Å². The summed E-state index contributed by atoms with van der Waals surface area (Å²) in [5, 5.41) is 10.1. The van der Waals surface area contributed by atoms with Crippen LogP contribution in [0.4, 0.5) is 10.4 Å². The summed E-state index contributed by atoms with van der Waals surface area (Å²) >= 11 is 0. The fourth-order valence-corrected chi connectivity index (χ4v) is 2.99. The third kappa shape index (κ3) is 5.20. The lowest BCUT2D eigenvalue weighted by Crippen LogP contribution is -2.14. The van der Waals surface area contributed by atoms with Crippen LogP contribution < -0.4 is 5.32 Å². The number of anilines is 1. The first-order valence-electron chi connectivity index (χ1n) is 7.95. The van der Waals surface area contributed by atoms with E-state index in [2.05, 4.69) is 15.5 Å². The van der Waals surface area contributed by atoms with E-state index < -0.39 is 9.84 Å². The number of nitrogens with one attached hydrogen (secondary N) is 1. The standard InChI is InChI=1S/C18H16FN3O4S/c1-27(24,25)15-8-4-13(5-9-15)11-17-21-22-18(26-17)20-16(23)10-12-2-6-14(19)7-3-12/h2-9H,10-11H2,1H3,(H,20,22,23). The van der Waals surface area contributed by atoms with E-state index in [1.165, 1.54) is 36.4 Å². The van der Waals surface area contributed by atoms with E-state index in [9.17, 15) is 17.6 Å². The Hall–Kier alpha value is -3.07. The van der Waals surface area contributed by atoms with Gasteiger partial charge in [0.1, 0.15) is 5.82 Å². The molecule has 0 radical (unpaired) electrons. The molecule has 0 saturated carbocycles. The van der Waals surface area contributed by atoms with Gasteiger partial charge in [-0.05, 0) is 35.4 Å². The monoisotopic (exact) mass is 389 g/mol. The van der Waals surface area contributed by atoms with Gasteiger partial charge in [-0.1, -0.05) is 29.4 Å². The molecule has 0 aliphatic heterocycles. The highest BCUT2D eigenvalue weighted by Crippen LogP contribution is 2.15. The largest absolute Gasteiger partial charge is 0.407 e. The molecule has 0 unspecified atom stereocenters. The highest BCUT2D eigenvalue weighted by Gasteiger charge is 2.12. The highest BCUT2D eigenvalue weighted by atomic mass is 32.2. The SMILES string of the molecule is CS(=O)(=O)c1ccc(Cc2nnc(NC(=O)Cc3ccc(F)cc3)o2)cc1. The fraction of sp³-hybridized carbons (Fsp3) is 0.167. The Labute approximate surface area is 155 Å². The molecular formula is C18H16FN3O4S. The minimum absolute atomic E-state index is 0.0372. The quantitative estimate of drug-likeness (QED) is 0.694. The number of benzene rings is 2. The van der Waals surface area contributed by atoms with E-state index in [-0.39, 0.29) is 34.9 Å². The molecule has 1 amide bonds. The number of rotatable bonds is 6. The second-order valence-corrected chi connectivity index (χ2v) is 7.96. The number of hydrogen-bond donors (Lipinski definition) is 1. The summed E-state index contributed by atoms with van der Waals surface area (Å²) in [5.74, 6) is -0.459. The van der Waals surface area contributed by atoms with E-state index in [1.54, 1.807) is 12.1 Å². The zero-order chi connectivity index (χ0) is 19.4. The van der Waals surface area contributed by atoms with Crippen molar-refractivity contribution in [3.63, 3.8) is 0 Å². The van der Waals surface area contributed by atoms with Crippen LogP contribution >= 0.6 is 0 Å².